The molecule has 3 heterocycles. The van der Waals surface area contributed by atoms with Crippen LogP contribution in [0.2, 0.25) is 0 Å². The van der Waals surface area contributed by atoms with E-state index in [0.717, 1.165) is 0 Å². The molecule has 26 heavy (non-hydrogen) atoms. The third-order valence-corrected chi connectivity index (χ3v) is 4.11. The highest BCUT2D eigenvalue weighted by atomic mass is 16.6. The van der Waals surface area contributed by atoms with Gasteiger partial charge in [0.15, 0.2) is 11.3 Å². The molecule has 0 aliphatic rings. The first-order valence-corrected chi connectivity index (χ1v) is 7.88. The van der Waals surface area contributed by atoms with Crippen LogP contribution < -0.4 is 5.56 Å². The van der Waals surface area contributed by atoms with Crippen LogP contribution in [0.5, 0.6) is 0 Å². The van der Waals surface area contributed by atoms with Gasteiger partial charge in [0, 0.05) is 24.8 Å². The number of nitrogens with zero attached hydrogens (tertiary/aromatic N) is 7. The average molecular weight is 351 g/mol. The van der Waals surface area contributed by atoms with Gasteiger partial charge in [0.2, 0.25) is 0 Å². The van der Waals surface area contributed by atoms with E-state index < -0.39 is 4.92 Å². The molecule has 10 nitrogen and oxygen atoms in total. The van der Waals surface area contributed by atoms with E-state index in [2.05, 4.69) is 20.3 Å². The first kappa shape index (κ1) is 15.8. The molecule has 0 saturated heterocycles. The van der Waals surface area contributed by atoms with E-state index in [9.17, 15) is 14.9 Å². The van der Waals surface area contributed by atoms with Gasteiger partial charge in [0.25, 0.3) is 17.0 Å². The van der Waals surface area contributed by atoms with Gasteiger partial charge in [-0.15, -0.1) is 15.3 Å². The highest BCUT2D eigenvalue weighted by molar-refractivity contribution is 5.74. The van der Waals surface area contributed by atoms with Crippen LogP contribution in [0.15, 0.2) is 35.3 Å². The van der Waals surface area contributed by atoms with Gasteiger partial charge >= 0.3 is 0 Å². The summed E-state index contributed by atoms with van der Waals surface area (Å²) < 4.78 is 2.88. The SMILES string of the molecule is CCc1nc2nnc3c(=O)n(-c4ccc([N+](=O)[O-])cc4C)ccc3n2n1. The third-order valence-electron chi connectivity index (χ3n) is 4.11. The van der Waals surface area contributed by atoms with Crippen LogP contribution in [-0.4, -0.2) is 34.3 Å². The molecule has 0 radical (unpaired) electrons. The lowest BCUT2D eigenvalue weighted by Crippen LogP contribution is -2.21. The zero-order valence-electron chi connectivity index (χ0n) is 13.9. The van der Waals surface area contributed by atoms with Gasteiger partial charge in [-0.25, -0.2) is 0 Å². The van der Waals surface area contributed by atoms with Crippen molar-refractivity contribution in [2.75, 3.05) is 0 Å². The van der Waals surface area contributed by atoms with Crippen LogP contribution in [0.3, 0.4) is 0 Å². The van der Waals surface area contributed by atoms with Crippen LogP contribution in [0.25, 0.3) is 22.5 Å². The maximum absolute atomic E-state index is 12.9. The average Bonchev–Trinajstić information content (AvgIpc) is 3.06. The van der Waals surface area contributed by atoms with Gasteiger partial charge in [0.05, 0.1) is 10.6 Å². The minimum Gasteiger partial charge on any atom is -0.282 e. The van der Waals surface area contributed by atoms with Gasteiger partial charge in [-0.05, 0) is 24.6 Å². The first-order valence-electron chi connectivity index (χ1n) is 7.88. The zero-order chi connectivity index (χ0) is 18.4. The fraction of sp³-hybridized carbons (Fsp3) is 0.188. The van der Waals surface area contributed by atoms with Crippen molar-refractivity contribution in [3.8, 4) is 5.69 Å². The third kappa shape index (κ3) is 2.31. The van der Waals surface area contributed by atoms with Gasteiger partial charge < -0.3 is 0 Å². The number of pyridine rings is 1. The molecule has 4 rings (SSSR count). The van der Waals surface area contributed by atoms with Crippen molar-refractivity contribution in [1.29, 1.82) is 0 Å². The Hall–Kier alpha value is -3.69. The summed E-state index contributed by atoms with van der Waals surface area (Å²) in [7, 11) is 0. The Morgan fingerprint density at radius 3 is 2.73 bits per heavy atom. The number of nitro groups is 1. The van der Waals surface area contributed by atoms with E-state index in [4.69, 9.17) is 0 Å². The second-order valence-electron chi connectivity index (χ2n) is 5.75. The Morgan fingerprint density at radius 1 is 1.23 bits per heavy atom. The Balaban J connectivity index is 1.95. The summed E-state index contributed by atoms with van der Waals surface area (Å²) in [5, 5.41) is 23.2. The Kier molecular flexibility index (Phi) is 3.46. The van der Waals surface area contributed by atoms with Gasteiger partial charge in [-0.1, -0.05) is 6.92 Å². The summed E-state index contributed by atoms with van der Waals surface area (Å²) in [6.45, 7) is 3.63. The summed E-state index contributed by atoms with van der Waals surface area (Å²) in [6, 6.07) is 6.02. The van der Waals surface area contributed by atoms with Gasteiger partial charge in [-0.2, -0.15) is 9.50 Å². The summed E-state index contributed by atoms with van der Waals surface area (Å²) >= 11 is 0. The summed E-state index contributed by atoms with van der Waals surface area (Å²) in [4.78, 5) is 27.5. The van der Waals surface area contributed by atoms with E-state index in [0.29, 0.717) is 34.8 Å². The number of hydrogen-bond acceptors (Lipinski definition) is 7. The van der Waals surface area contributed by atoms with Crippen LogP contribution in [0.1, 0.15) is 18.3 Å². The molecule has 0 unspecified atom stereocenters. The molecular formula is C16H13N7O3. The fourth-order valence-electron chi connectivity index (χ4n) is 2.81. The summed E-state index contributed by atoms with van der Waals surface area (Å²) in [6.07, 6.45) is 2.23. The quantitative estimate of drug-likeness (QED) is 0.406. The van der Waals surface area contributed by atoms with E-state index in [1.807, 2.05) is 6.92 Å². The molecule has 10 heteroatoms. The molecule has 0 aliphatic carbocycles. The molecule has 0 bridgehead atoms. The zero-order valence-corrected chi connectivity index (χ0v) is 13.9. The number of aryl methyl sites for hydroxylation is 2. The number of hydrogen-bond donors (Lipinski definition) is 0. The molecule has 4 aromatic rings. The Labute approximate surface area is 145 Å². The summed E-state index contributed by atoms with van der Waals surface area (Å²) in [5.74, 6) is 0.945. The maximum atomic E-state index is 12.9. The second-order valence-corrected chi connectivity index (χ2v) is 5.75. The maximum Gasteiger partial charge on any atom is 0.285 e. The molecule has 0 saturated carbocycles. The molecule has 0 fully saturated rings. The number of fused-ring (bicyclic) bond motifs is 3. The number of non-ortho nitro benzene ring substituents is 1. The fourth-order valence-corrected chi connectivity index (χ4v) is 2.81. The molecule has 0 N–H and O–H groups in total. The predicted molar refractivity (Wildman–Crippen MR) is 92.4 cm³/mol. The smallest absolute Gasteiger partial charge is 0.282 e. The van der Waals surface area contributed by atoms with Crippen LogP contribution in [0, 0.1) is 17.0 Å². The highest BCUT2D eigenvalue weighted by Gasteiger charge is 2.15. The minimum absolute atomic E-state index is 0.0312. The van der Waals surface area contributed by atoms with Gasteiger partial charge in [0.1, 0.15) is 5.52 Å². The van der Waals surface area contributed by atoms with Crippen molar-refractivity contribution in [2.45, 2.75) is 20.3 Å². The monoisotopic (exact) mass is 351 g/mol. The normalized spacial score (nSPS) is 11.3. The standard InChI is InChI=1S/C16H13N7O3/c1-3-13-17-16-19-18-14-12(22(16)20-13)6-7-21(15(14)24)11-5-4-10(23(25)26)8-9(11)2/h4-8H,3H2,1-2H3. The molecule has 1 aromatic carbocycles. The first-order chi connectivity index (χ1) is 12.5. The molecule has 130 valence electrons. The van der Waals surface area contributed by atoms with Crippen LogP contribution in [-0.2, 0) is 6.42 Å². The molecule has 0 spiro atoms. The van der Waals surface area contributed by atoms with Crippen molar-refractivity contribution in [1.82, 2.24) is 29.4 Å². The number of nitro benzene ring substituents is 1. The summed E-state index contributed by atoms with van der Waals surface area (Å²) in [5.41, 5.74) is 1.37. The van der Waals surface area contributed by atoms with Crippen LogP contribution >= 0.6 is 0 Å². The largest absolute Gasteiger partial charge is 0.285 e. The predicted octanol–water partition coefficient (Wildman–Crippen LogP) is 1.60. The van der Waals surface area contributed by atoms with Crippen molar-refractivity contribution >= 4 is 22.5 Å². The lowest BCUT2D eigenvalue weighted by Gasteiger charge is -2.09. The van der Waals surface area contributed by atoms with Crippen LogP contribution in [0.4, 0.5) is 5.69 Å². The number of aromatic nitrogens is 6. The molecular weight excluding hydrogens is 338 g/mol. The number of benzene rings is 1. The van der Waals surface area contributed by atoms with Gasteiger partial charge in [-0.3, -0.25) is 19.5 Å². The topological polar surface area (TPSA) is 121 Å². The van der Waals surface area contributed by atoms with Crippen molar-refractivity contribution in [3.63, 3.8) is 0 Å². The number of rotatable bonds is 3. The minimum atomic E-state index is -0.474. The van der Waals surface area contributed by atoms with Crippen molar-refractivity contribution < 1.29 is 4.92 Å². The molecule has 0 atom stereocenters. The highest BCUT2D eigenvalue weighted by Crippen LogP contribution is 2.20. The van der Waals surface area contributed by atoms with E-state index >= 15 is 0 Å². The lowest BCUT2D eigenvalue weighted by molar-refractivity contribution is -0.384. The molecule has 0 aliphatic heterocycles. The molecule has 3 aromatic heterocycles. The molecule has 0 amide bonds. The Bertz CT molecular complexity index is 1240. The van der Waals surface area contributed by atoms with Crippen molar-refractivity contribution in [2.24, 2.45) is 0 Å². The van der Waals surface area contributed by atoms with E-state index in [1.54, 1.807) is 19.2 Å². The van der Waals surface area contributed by atoms with E-state index in [-0.39, 0.29) is 16.8 Å². The lowest BCUT2D eigenvalue weighted by atomic mass is 10.1. The van der Waals surface area contributed by atoms with Crippen molar-refractivity contribution in [3.05, 3.63) is 62.3 Å². The second kappa shape index (κ2) is 5.69. The Morgan fingerprint density at radius 2 is 2.04 bits per heavy atom. The van der Waals surface area contributed by atoms with E-state index in [1.165, 1.54) is 27.3 Å².